The van der Waals surface area contributed by atoms with E-state index in [1.54, 1.807) is 19.2 Å². The van der Waals surface area contributed by atoms with Crippen LogP contribution in [0.25, 0.3) is 10.9 Å². The van der Waals surface area contributed by atoms with Crippen LogP contribution in [0.5, 0.6) is 5.75 Å². The molecule has 0 amide bonds. The number of methoxy groups -OCH3 is 2. The van der Waals surface area contributed by atoms with E-state index in [0.29, 0.717) is 17.7 Å². The summed E-state index contributed by atoms with van der Waals surface area (Å²) in [5.41, 5.74) is 11.8. The van der Waals surface area contributed by atoms with Crippen LogP contribution in [0.2, 0.25) is 0 Å². The highest BCUT2D eigenvalue weighted by molar-refractivity contribution is 5.90. The third kappa shape index (κ3) is 4.03. The van der Waals surface area contributed by atoms with E-state index < -0.39 is 0 Å². The number of aromatic nitrogens is 1. The molecular formula is C23H26N2O3. The maximum Gasteiger partial charge on any atom is 0.337 e. The van der Waals surface area contributed by atoms with Gasteiger partial charge in [-0.3, -0.25) is 0 Å². The third-order valence-corrected chi connectivity index (χ3v) is 4.77. The van der Waals surface area contributed by atoms with Gasteiger partial charge >= 0.3 is 5.97 Å². The fourth-order valence-electron chi connectivity index (χ4n) is 3.30. The zero-order valence-corrected chi connectivity index (χ0v) is 16.8. The summed E-state index contributed by atoms with van der Waals surface area (Å²) >= 11 is 0. The maximum atomic E-state index is 11.8. The third-order valence-electron chi connectivity index (χ3n) is 4.77. The average molecular weight is 378 g/mol. The van der Waals surface area contributed by atoms with Crippen molar-refractivity contribution < 1.29 is 14.3 Å². The molecule has 28 heavy (non-hydrogen) atoms. The number of carbonyl (C=O) groups is 1. The predicted octanol–water partition coefficient (Wildman–Crippen LogP) is 4.58. The van der Waals surface area contributed by atoms with Crippen LogP contribution in [-0.4, -0.2) is 24.8 Å². The number of nitrogens with zero attached hydrogens (tertiary/aromatic N) is 1. The molecule has 0 radical (unpaired) electrons. The monoisotopic (exact) mass is 378 g/mol. The van der Waals surface area contributed by atoms with Crippen LogP contribution in [-0.2, 0) is 17.7 Å². The van der Waals surface area contributed by atoms with Crippen LogP contribution in [0.1, 0.15) is 35.3 Å². The molecule has 146 valence electrons. The van der Waals surface area contributed by atoms with Crippen molar-refractivity contribution in [2.45, 2.75) is 26.8 Å². The van der Waals surface area contributed by atoms with Crippen LogP contribution < -0.4 is 10.5 Å². The lowest BCUT2D eigenvalue weighted by Gasteiger charge is -2.10. The Hall–Kier alpha value is -3.21. The molecule has 3 rings (SSSR count). The topological polar surface area (TPSA) is 66.5 Å². The summed E-state index contributed by atoms with van der Waals surface area (Å²) in [5.74, 6) is 0.285. The normalized spacial score (nSPS) is 10.7. The molecule has 3 aromatic rings. The first kappa shape index (κ1) is 19.5. The Labute approximate surface area is 165 Å². The van der Waals surface area contributed by atoms with Gasteiger partial charge in [0.15, 0.2) is 0 Å². The lowest BCUT2D eigenvalue weighted by Crippen LogP contribution is -2.03. The van der Waals surface area contributed by atoms with E-state index in [9.17, 15) is 4.79 Å². The second-order valence-electron chi connectivity index (χ2n) is 7.06. The van der Waals surface area contributed by atoms with Gasteiger partial charge in [0.1, 0.15) is 5.75 Å². The molecule has 1 heterocycles. The number of nitrogens with two attached hydrogens (primary N) is 1. The summed E-state index contributed by atoms with van der Waals surface area (Å²) in [6, 6.07) is 11.4. The molecular weight excluding hydrogens is 352 g/mol. The summed E-state index contributed by atoms with van der Waals surface area (Å²) in [5, 5.41) is 1.13. The molecule has 0 atom stereocenters. The van der Waals surface area contributed by atoms with Crippen molar-refractivity contribution in [2.75, 3.05) is 20.0 Å². The molecule has 0 saturated heterocycles. The van der Waals surface area contributed by atoms with Crippen molar-refractivity contribution in [2.24, 2.45) is 0 Å². The molecule has 5 nitrogen and oxygen atoms in total. The Bertz CT molecular complexity index is 1040. The van der Waals surface area contributed by atoms with Crippen molar-refractivity contribution in [3.63, 3.8) is 0 Å². The van der Waals surface area contributed by atoms with Gasteiger partial charge in [-0.2, -0.15) is 0 Å². The first-order valence-corrected chi connectivity index (χ1v) is 9.18. The van der Waals surface area contributed by atoms with Gasteiger partial charge < -0.3 is 19.8 Å². The van der Waals surface area contributed by atoms with Crippen molar-refractivity contribution in [3.05, 3.63) is 70.9 Å². The highest BCUT2D eigenvalue weighted by atomic mass is 16.5. The lowest BCUT2D eigenvalue weighted by atomic mass is 10.0. The first-order valence-electron chi connectivity index (χ1n) is 9.18. The predicted molar refractivity (Wildman–Crippen MR) is 113 cm³/mol. The van der Waals surface area contributed by atoms with Gasteiger partial charge in [0.2, 0.25) is 0 Å². The Balaban J connectivity index is 2.03. The molecule has 0 aliphatic carbocycles. The van der Waals surface area contributed by atoms with Crippen molar-refractivity contribution >= 4 is 22.6 Å². The summed E-state index contributed by atoms with van der Waals surface area (Å²) in [4.78, 5) is 11.8. The van der Waals surface area contributed by atoms with Gasteiger partial charge in [-0.15, -0.1) is 0 Å². The maximum absolute atomic E-state index is 11.8. The number of anilines is 1. The number of allylic oxidation sites excluding steroid dienone is 2. The molecule has 0 spiro atoms. The minimum absolute atomic E-state index is 0.379. The van der Waals surface area contributed by atoms with E-state index in [4.69, 9.17) is 15.2 Å². The molecule has 0 aliphatic rings. The minimum atomic E-state index is -0.379. The Morgan fingerprint density at radius 2 is 1.89 bits per heavy atom. The lowest BCUT2D eigenvalue weighted by molar-refractivity contribution is 0.0600. The van der Waals surface area contributed by atoms with Gasteiger partial charge in [0.05, 0.1) is 19.8 Å². The molecule has 0 unspecified atom stereocenters. The molecule has 0 saturated carbocycles. The highest BCUT2D eigenvalue weighted by Crippen LogP contribution is 2.30. The van der Waals surface area contributed by atoms with Crippen molar-refractivity contribution in [3.8, 4) is 5.75 Å². The van der Waals surface area contributed by atoms with E-state index >= 15 is 0 Å². The Morgan fingerprint density at radius 3 is 2.57 bits per heavy atom. The SMILES string of the molecule is COC(=O)c1ccc(Cc2cn(CC=C(C)C)c3ccc(N)cc23)c(OC)c1. The van der Waals surface area contributed by atoms with E-state index in [1.807, 2.05) is 18.2 Å². The largest absolute Gasteiger partial charge is 0.496 e. The first-order chi connectivity index (χ1) is 13.4. The van der Waals surface area contributed by atoms with Crippen LogP contribution in [0, 0.1) is 0 Å². The number of rotatable bonds is 6. The number of benzene rings is 2. The van der Waals surface area contributed by atoms with Crippen LogP contribution in [0.4, 0.5) is 5.69 Å². The fourth-order valence-corrected chi connectivity index (χ4v) is 3.30. The van der Waals surface area contributed by atoms with Gasteiger partial charge in [0.25, 0.3) is 0 Å². The number of hydrogen-bond acceptors (Lipinski definition) is 4. The fraction of sp³-hybridized carbons (Fsp3) is 0.261. The second kappa shape index (κ2) is 8.21. The Kier molecular flexibility index (Phi) is 5.73. The van der Waals surface area contributed by atoms with E-state index in [1.165, 1.54) is 12.7 Å². The summed E-state index contributed by atoms with van der Waals surface area (Å²) in [6.45, 7) is 5.00. The smallest absolute Gasteiger partial charge is 0.337 e. The van der Waals surface area contributed by atoms with Gasteiger partial charge in [-0.25, -0.2) is 4.79 Å². The number of fused-ring (bicyclic) bond motifs is 1. The molecule has 5 heteroatoms. The van der Waals surface area contributed by atoms with Gasteiger partial charge in [0, 0.05) is 35.8 Å². The molecule has 2 aromatic carbocycles. The number of esters is 1. The van der Waals surface area contributed by atoms with Crippen LogP contribution >= 0.6 is 0 Å². The van der Waals surface area contributed by atoms with Gasteiger partial charge in [-0.1, -0.05) is 17.7 Å². The summed E-state index contributed by atoms with van der Waals surface area (Å²) in [7, 11) is 2.98. The summed E-state index contributed by atoms with van der Waals surface area (Å²) in [6.07, 6.45) is 5.04. The standard InChI is InChI=1S/C23H26N2O3/c1-15(2)9-10-25-14-18(20-13-19(24)7-8-21(20)25)11-16-5-6-17(23(26)28-4)12-22(16)27-3/h5-9,12-14H,10-11,24H2,1-4H3. The zero-order chi connectivity index (χ0) is 20.3. The minimum Gasteiger partial charge on any atom is -0.496 e. The number of carbonyl (C=O) groups excluding carboxylic acids is 1. The highest BCUT2D eigenvalue weighted by Gasteiger charge is 2.14. The number of nitrogen functional groups attached to an aromatic ring is 1. The molecule has 0 fully saturated rings. The number of hydrogen-bond donors (Lipinski definition) is 1. The molecule has 1 aromatic heterocycles. The molecule has 0 bridgehead atoms. The molecule has 0 aliphatic heterocycles. The van der Waals surface area contributed by atoms with E-state index in [0.717, 1.165) is 34.3 Å². The zero-order valence-electron chi connectivity index (χ0n) is 16.8. The number of ether oxygens (including phenoxy) is 2. The van der Waals surface area contributed by atoms with Crippen molar-refractivity contribution in [1.82, 2.24) is 4.57 Å². The van der Waals surface area contributed by atoms with Crippen molar-refractivity contribution in [1.29, 1.82) is 0 Å². The van der Waals surface area contributed by atoms with Crippen LogP contribution in [0.15, 0.2) is 54.2 Å². The van der Waals surface area contributed by atoms with Crippen LogP contribution in [0.3, 0.4) is 0 Å². The summed E-state index contributed by atoms with van der Waals surface area (Å²) < 4.78 is 12.6. The van der Waals surface area contributed by atoms with E-state index in [-0.39, 0.29) is 5.97 Å². The average Bonchev–Trinajstić information content (AvgIpc) is 3.02. The Morgan fingerprint density at radius 1 is 1.11 bits per heavy atom. The quantitative estimate of drug-likeness (QED) is 0.387. The van der Waals surface area contributed by atoms with E-state index in [2.05, 4.69) is 36.8 Å². The second-order valence-corrected chi connectivity index (χ2v) is 7.06. The van der Waals surface area contributed by atoms with Gasteiger partial charge in [-0.05, 0) is 55.3 Å². The molecule has 2 N–H and O–H groups in total.